The second kappa shape index (κ2) is 9.09. The number of rotatable bonds is 8. The second-order valence-electron chi connectivity index (χ2n) is 7.58. The minimum Gasteiger partial charge on any atom is -0.477 e. The summed E-state index contributed by atoms with van der Waals surface area (Å²) in [4.78, 5) is 9.78. The zero-order valence-electron chi connectivity index (χ0n) is 15.8. The molecule has 0 amide bonds. The van der Waals surface area contributed by atoms with Crippen LogP contribution in [-0.4, -0.2) is 28.9 Å². The minimum atomic E-state index is 0.136. The van der Waals surface area contributed by atoms with Gasteiger partial charge in [-0.15, -0.1) is 11.8 Å². The van der Waals surface area contributed by atoms with Gasteiger partial charge in [0.1, 0.15) is 0 Å². The number of pyridine rings is 2. The SMILES string of the molecule is Cc1ccc(OCC(C)CSc2ccc(OCC(C)(C)C)nc2)nc1. The predicted octanol–water partition coefficient (Wildman–Crippen LogP) is 5.02. The van der Waals surface area contributed by atoms with Crippen molar-refractivity contribution in [3.8, 4) is 11.8 Å². The standard InChI is InChI=1S/C20H28N2O2S/c1-15-6-8-18(21-10-15)23-12-16(2)13-25-17-7-9-19(22-11-17)24-14-20(3,4)5/h6-11,16H,12-14H2,1-5H3. The van der Waals surface area contributed by atoms with Crippen molar-refractivity contribution in [1.29, 1.82) is 0 Å². The van der Waals surface area contributed by atoms with Gasteiger partial charge in [-0.05, 0) is 29.9 Å². The molecule has 0 aliphatic carbocycles. The zero-order chi connectivity index (χ0) is 18.3. The quantitative estimate of drug-likeness (QED) is 0.619. The third kappa shape index (κ3) is 7.78. The van der Waals surface area contributed by atoms with Crippen molar-refractivity contribution in [3.05, 3.63) is 42.2 Å². The molecule has 0 fully saturated rings. The van der Waals surface area contributed by atoms with Crippen molar-refractivity contribution in [2.24, 2.45) is 11.3 Å². The molecular formula is C20H28N2O2S. The zero-order valence-corrected chi connectivity index (χ0v) is 16.6. The van der Waals surface area contributed by atoms with E-state index in [9.17, 15) is 0 Å². The molecule has 0 radical (unpaired) electrons. The summed E-state index contributed by atoms with van der Waals surface area (Å²) in [5.74, 6) is 2.76. The number of thioether (sulfide) groups is 1. The second-order valence-corrected chi connectivity index (χ2v) is 8.68. The highest BCUT2D eigenvalue weighted by molar-refractivity contribution is 7.99. The molecule has 136 valence electrons. The third-order valence-corrected chi connectivity index (χ3v) is 4.61. The Balaban J connectivity index is 1.72. The van der Waals surface area contributed by atoms with Crippen LogP contribution in [-0.2, 0) is 0 Å². The van der Waals surface area contributed by atoms with Gasteiger partial charge in [0.15, 0.2) is 0 Å². The van der Waals surface area contributed by atoms with Gasteiger partial charge in [0.05, 0.1) is 13.2 Å². The first-order chi connectivity index (χ1) is 11.8. The van der Waals surface area contributed by atoms with Crippen LogP contribution in [0.2, 0.25) is 0 Å². The van der Waals surface area contributed by atoms with Crippen LogP contribution < -0.4 is 9.47 Å². The average molecular weight is 361 g/mol. The number of aromatic nitrogens is 2. The largest absolute Gasteiger partial charge is 0.477 e. The van der Waals surface area contributed by atoms with Gasteiger partial charge in [-0.2, -0.15) is 0 Å². The summed E-state index contributed by atoms with van der Waals surface area (Å²) < 4.78 is 11.4. The lowest BCUT2D eigenvalue weighted by atomic mass is 9.99. The molecule has 0 saturated heterocycles. The van der Waals surface area contributed by atoms with Crippen LogP contribution in [0.5, 0.6) is 11.8 Å². The maximum absolute atomic E-state index is 5.73. The molecule has 2 heterocycles. The lowest BCUT2D eigenvalue weighted by Crippen LogP contribution is -2.17. The predicted molar refractivity (Wildman–Crippen MR) is 104 cm³/mol. The fourth-order valence-electron chi connectivity index (χ4n) is 1.88. The van der Waals surface area contributed by atoms with Gasteiger partial charge in [0.2, 0.25) is 11.8 Å². The Labute approximate surface area is 155 Å². The van der Waals surface area contributed by atoms with Gasteiger partial charge in [0, 0.05) is 35.2 Å². The molecule has 0 aromatic carbocycles. The Hall–Kier alpha value is -1.75. The molecule has 25 heavy (non-hydrogen) atoms. The first-order valence-electron chi connectivity index (χ1n) is 8.59. The van der Waals surface area contributed by atoms with Crippen LogP contribution in [0.1, 0.15) is 33.3 Å². The van der Waals surface area contributed by atoms with Crippen molar-refractivity contribution in [2.75, 3.05) is 19.0 Å². The van der Waals surface area contributed by atoms with Crippen LogP contribution in [0.15, 0.2) is 41.6 Å². The molecule has 0 spiro atoms. The van der Waals surface area contributed by atoms with E-state index >= 15 is 0 Å². The van der Waals surface area contributed by atoms with Gasteiger partial charge < -0.3 is 9.47 Å². The van der Waals surface area contributed by atoms with Crippen LogP contribution in [0.4, 0.5) is 0 Å². The average Bonchev–Trinajstić information content (AvgIpc) is 2.58. The van der Waals surface area contributed by atoms with E-state index in [2.05, 4.69) is 43.7 Å². The molecular weight excluding hydrogens is 332 g/mol. The lowest BCUT2D eigenvalue weighted by molar-refractivity contribution is 0.191. The first kappa shape index (κ1) is 19.6. The summed E-state index contributed by atoms with van der Waals surface area (Å²) in [7, 11) is 0. The number of aryl methyl sites for hydroxylation is 1. The molecule has 2 aromatic rings. The first-order valence-corrected chi connectivity index (χ1v) is 9.57. The Bertz CT molecular complexity index is 636. The maximum atomic E-state index is 5.73. The molecule has 0 aliphatic heterocycles. The summed E-state index contributed by atoms with van der Waals surface area (Å²) in [5.41, 5.74) is 1.27. The highest BCUT2D eigenvalue weighted by Gasteiger charge is 2.11. The van der Waals surface area contributed by atoms with E-state index in [4.69, 9.17) is 9.47 Å². The van der Waals surface area contributed by atoms with Crippen LogP contribution in [0.25, 0.3) is 0 Å². The molecule has 0 aliphatic rings. The molecule has 0 bridgehead atoms. The highest BCUT2D eigenvalue weighted by Crippen LogP contribution is 2.23. The molecule has 4 nitrogen and oxygen atoms in total. The normalized spacial score (nSPS) is 12.7. The Kier molecular flexibility index (Phi) is 7.12. The van der Waals surface area contributed by atoms with E-state index in [1.165, 1.54) is 0 Å². The summed E-state index contributed by atoms with van der Waals surface area (Å²) >= 11 is 1.78. The summed E-state index contributed by atoms with van der Waals surface area (Å²) in [5, 5.41) is 0. The molecule has 0 saturated carbocycles. The third-order valence-electron chi connectivity index (χ3n) is 3.30. The fraction of sp³-hybridized carbons (Fsp3) is 0.500. The Morgan fingerprint density at radius 3 is 2.28 bits per heavy atom. The van der Waals surface area contributed by atoms with Crippen LogP contribution in [0, 0.1) is 18.3 Å². The molecule has 2 rings (SSSR count). The van der Waals surface area contributed by atoms with Gasteiger partial charge in [-0.25, -0.2) is 9.97 Å². The van der Waals surface area contributed by atoms with E-state index in [-0.39, 0.29) is 5.41 Å². The van der Waals surface area contributed by atoms with Crippen molar-refractivity contribution in [1.82, 2.24) is 9.97 Å². The highest BCUT2D eigenvalue weighted by atomic mass is 32.2. The Morgan fingerprint density at radius 1 is 1.00 bits per heavy atom. The van der Waals surface area contributed by atoms with Gasteiger partial charge in [-0.3, -0.25) is 0 Å². The van der Waals surface area contributed by atoms with Gasteiger partial charge >= 0.3 is 0 Å². The van der Waals surface area contributed by atoms with E-state index < -0.39 is 0 Å². The summed E-state index contributed by atoms with van der Waals surface area (Å²) in [6, 6.07) is 7.92. The molecule has 5 heteroatoms. The molecule has 2 aromatic heterocycles. The van der Waals surface area contributed by atoms with E-state index in [1.807, 2.05) is 37.5 Å². The molecule has 1 atom stereocenters. The number of hydrogen-bond donors (Lipinski definition) is 0. The number of nitrogens with zero attached hydrogens (tertiary/aromatic N) is 2. The van der Waals surface area contributed by atoms with Crippen molar-refractivity contribution >= 4 is 11.8 Å². The van der Waals surface area contributed by atoms with Crippen molar-refractivity contribution < 1.29 is 9.47 Å². The van der Waals surface area contributed by atoms with Gasteiger partial charge in [0.25, 0.3) is 0 Å². The molecule has 0 N–H and O–H groups in total. The topological polar surface area (TPSA) is 44.2 Å². The van der Waals surface area contributed by atoms with E-state index in [0.29, 0.717) is 30.9 Å². The summed E-state index contributed by atoms with van der Waals surface area (Å²) in [6.45, 7) is 11.9. The monoisotopic (exact) mass is 360 g/mol. The Morgan fingerprint density at radius 2 is 1.68 bits per heavy atom. The maximum Gasteiger partial charge on any atom is 0.213 e. The van der Waals surface area contributed by atoms with Crippen LogP contribution >= 0.6 is 11.8 Å². The van der Waals surface area contributed by atoms with Gasteiger partial charge in [-0.1, -0.05) is 33.8 Å². The molecule has 1 unspecified atom stereocenters. The van der Waals surface area contributed by atoms with E-state index in [1.54, 1.807) is 11.8 Å². The fourth-order valence-corrected chi connectivity index (χ4v) is 2.75. The van der Waals surface area contributed by atoms with Crippen molar-refractivity contribution in [2.45, 2.75) is 39.5 Å². The number of ether oxygens (including phenoxy) is 2. The lowest BCUT2D eigenvalue weighted by Gasteiger charge is -2.18. The summed E-state index contributed by atoms with van der Waals surface area (Å²) in [6.07, 6.45) is 3.70. The van der Waals surface area contributed by atoms with Crippen molar-refractivity contribution in [3.63, 3.8) is 0 Å². The minimum absolute atomic E-state index is 0.136. The van der Waals surface area contributed by atoms with Crippen LogP contribution in [0.3, 0.4) is 0 Å². The smallest absolute Gasteiger partial charge is 0.213 e. The van der Waals surface area contributed by atoms with E-state index in [0.717, 1.165) is 16.2 Å². The number of hydrogen-bond acceptors (Lipinski definition) is 5.